The van der Waals surface area contributed by atoms with Gasteiger partial charge in [-0.15, -0.1) is 0 Å². The fourth-order valence-corrected chi connectivity index (χ4v) is 2.14. The van der Waals surface area contributed by atoms with Crippen molar-refractivity contribution in [3.05, 3.63) is 27.1 Å². The number of carbonyl (C=O) groups is 2. The molecule has 0 atom stereocenters. The Kier molecular flexibility index (Phi) is 4.25. The highest BCUT2D eigenvalue weighted by atomic mass is 32.1. The van der Waals surface area contributed by atoms with E-state index in [1.807, 2.05) is 0 Å². The maximum Gasteiger partial charge on any atom is 0.324 e. The van der Waals surface area contributed by atoms with Crippen molar-refractivity contribution in [2.24, 2.45) is 0 Å². The van der Waals surface area contributed by atoms with Crippen LogP contribution in [0.15, 0.2) is 11.4 Å². The number of nitro groups is 1. The van der Waals surface area contributed by atoms with E-state index in [0.717, 1.165) is 17.4 Å². The molecule has 8 heteroatoms. The van der Waals surface area contributed by atoms with E-state index in [1.165, 1.54) is 10.3 Å². The number of carboxylic acids is 1. The minimum atomic E-state index is -1.13. The first-order chi connectivity index (χ1) is 8.62. The number of carbonyl (C=O) groups excluding carboxylic acids is 1. The van der Waals surface area contributed by atoms with Crippen LogP contribution in [0, 0.1) is 10.1 Å². The lowest BCUT2D eigenvalue weighted by atomic mass is 10.0. The molecule has 0 aliphatic carbocycles. The van der Waals surface area contributed by atoms with Crippen LogP contribution in [0.5, 0.6) is 0 Å². The van der Waals surface area contributed by atoms with Crippen molar-refractivity contribution in [1.82, 2.24) is 4.90 Å². The maximum atomic E-state index is 12.2. The van der Waals surface area contributed by atoms with Gasteiger partial charge in [0.25, 0.3) is 5.91 Å². The minimum Gasteiger partial charge on any atom is -0.480 e. The predicted octanol–water partition coefficient (Wildman–Crippen LogP) is 1.98. The molecule has 1 heterocycles. The van der Waals surface area contributed by atoms with Crippen molar-refractivity contribution in [1.29, 1.82) is 0 Å². The Labute approximate surface area is 113 Å². The summed E-state index contributed by atoms with van der Waals surface area (Å²) in [7, 11) is 0. The average Bonchev–Trinajstić information content (AvgIpc) is 2.72. The van der Waals surface area contributed by atoms with Crippen LogP contribution in [-0.2, 0) is 4.79 Å². The highest BCUT2D eigenvalue weighted by molar-refractivity contribution is 7.13. The van der Waals surface area contributed by atoms with E-state index in [4.69, 9.17) is 5.11 Å². The summed E-state index contributed by atoms with van der Waals surface area (Å²) in [5.74, 6) is -1.66. The number of hydrogen-bond acceptors (Lipinski definition) is 5. The van der Waals surface area contributed by atoms with E-state index in [-0.39, 0.29) is 10.6 Å². The smallest absolute Gasteiger partial charge is 0.324 e. The van der Waals surface area contributed by atoms with Gasteiger partial charge in [0.05, 0.1) is 10.5 Å². The molecule has 0 unspecified atom stereocenters. The van der Waals surface area contributed by atoms with Gasteiger partial charge in [-0.25, -0.2) is 0 Å². The van der Waals surface area contributed by atoms with Crippen molar-refractivity contribution >= 4 is 28.2 Å². The second kappa shape index (κ2) is 5.35. The van der Waals surface area contributed by atoms with E-state index in [1.54, 1.807) is 20.8 Å². The first-order valence-corrected chi connectivity index (χ1v) is 6.27. The molecule has 0 bridgehead atoms. The third kappa shape index (κ3) is 3.75. The molecule has 7 nitrogen and oxygen atoms in total. The normalized spacial score (nSPS) is 11.1. The Morgan fingerprint density at radius 1 is 1.47 bits per heavy atom. The number of hydrogen-bond donors (Lipinski definition) is 1. The van der Waals surface area contributed by atoms with Gasteiger partial charge in [0, 0.05) is 17.0 Å². The van der Waals surface area contributed by atoms with Crippen LogP contribution in [0.25, 0.3) is 0 Å². The molecule has 1 aromatic heterocycles. The van der Waals surface area contributed by atoms with Gasteiger partial charge in [0.15, 0.2) is 0 Å². The Bertz CT molecular complexity index is 517. The Hall–Kier alpha value is -1.96. The molecular weight excluding hydrogens is 272 g/mol. The van der Waals surface area contributed by atoms with Crippen molar-refractivity contribution in [2.45, 2.75) is 26.3 Å². The van der Waals surface area contributed by atoms with Gasteiger partial charge in [-0.1, -0.05) is 11.3 Å². The molecule has 0 saturated carbocycles. The van der Waals surface area contributed by atoms with Crippen LogP contribution in [0.4, 0.5) is 5.00 Å². The van der Waals surface area contributed by atoms with Gasteiger partial charge in [-0.2, -0.15) is 0 Å². The third-order valence-electron chi connectivity index (χ3n) is 2.36. The van der Waals surface area contributed by atoms with E-state index in [9.17, 15) is 19.7 Å². The predicted molar refractivity (Wildman–Crippen MR) is 69.4 cm³/mol. The molecule has 1 aromatic rings. The van der Waals surface area contributed by atoms with Gasteiger partial charge < -0.3 is 10.0 Å². The molecule has 1 amide bonds. The van der Waals surface area contributed by atoms with Gasteiger partial charge in [0.2, 0.25) is 0 Å². The van der Waals surface area contributed by atoms with Crippen LogP contribution >= 0.6 is 11.3 Å². The molecule has 1 N–H and O–H groups in total. The molecule has 0 aliphatic rings. The first kappa shape index (κ1) is 15.1. The maximum absolute atomic E-state index is 12.2. The molecule has 0 radical (unpaired) electrons. The van der Waals surface area contributed by atoms with Crippen LogP contribution in [-0.4, -0.2) is 38.9 Å². The van der Waals surface area contributed by atoms with Crippen LogP contribution < -0.4 is 0 Å². The SMILES string of the molecule is CC(C)(C)N(CC(=O)O)C(=O)c1csc([N+](=O)[O-])c1. The summed E-state index contributed by atoms with van der Waals surface area (Å²) in [4.78, 5) is 34.2. The second-order valence-electron chi connectivity index (χ2n) is 4.89. The highest BCUT2D eigenvalue weighted by Crippen LogP contribution is 2.25. The van der Waals surface area contributed by atoms with Gasteiger partial charge in [-0.05, 0) is 20.8 Å². The summed E-state index contributed by atoms with van der Waals surface area (Å²) in [5, 5.41) is 20.6. The largest absolute Gasteiger partial charge is 0.480 e. The number of aliphatic carboxylic acids is 1. The fourth-order valence-electron chi connectivity index (χ4n) is 1.44. The number of carboxylic acid groups (broad SMARTS) is 1. The summed E-state index contributed by atoms with van der Waals surface area (Å²) in [6, 6.07) is 1.16. The van der Waals surface area contributed by atoms with E-state index in [2.05, 4.69) is 0 Å². The van der Waals surface area contributed by atoms with Gasteiger partial charge >= 0.3 is 11.0 Å². The van der Waals surface area contributed by atoms with Gasteiger partial charge in [-0.3, -0.25) is 19.7 Å². The summed E-state index contributed by atoms with van der Waals surface area (Å²) in [5.41, 5.74) is -0.556. The van der Waals surface area contributed by atoms with Crippen molar-refractivity contribution in [2.75, 3.05) is 6.54 Å². The second-order valence-corrected chi connectivity index (χ2v) is 5.78. The molecule has 0 aromatic carbocycles. The summed E-state index contributed by atoms with van der Waals surface area (Å²) in [6.45, 7) is 4.66. The van der Waals surface area contributed by atoms with Gasteiger partial charge in [0.1, 0.15) is 6.54 Å². The van der Waals surface area contributed by atoms with E-state index < -0.39 is 28.9 Å². The first-order valence-electron chi connectivity index (χ1n) is 5.39. The molecule has 104 valence electrons. The Morgan fingerprint density at radius 3 is 2.42 bits per heavy atom. The summed E-state index contributed by atoms with van der Waals surface area (Å²) < 4.78 is 0. The molecular formula is C11H14N2O5S. The van der Waals surface area contributed by atoms with E-state index >= 15 is 0 Å². The topological polar surface area (TPSA) is 101 Å². The fraction of sp³-hybridized carbons (Fsp3) is 0.455. The summed E-state index contributed by atoms with van der Waals surface area (Å²) in [6.07, 6.45) is 0. The van der Waals surface area contributed by atoms with Crippen LogP contribution in [0.2, 0.25) is 0 Å². The zero-order chi connectivity index (χ0) is 14.8. The average molecular weight is 286 g/mol. The van der Waals surface area contributed by atoms with Crippen molar-refractivity contribution < 1.29 is 19.6 Å². The van der Waals surface area contributed by atoms with Crippen molar-refractivity contribution in [3.63, 3.8) is 0 Å². The number of nitrogens with zero attached hydrogens (tertiary/aromatic N) is 2. The minimum absolute atomic E-state index is 0.132. The molecule has 19 heavy (non-hydrogen) atoms. The molecule has 0 spiro atoms. The Morgan fingerprint density at radius 2 is 2.05 bits per heavy atom. The lowest BCUT2D eigenvalue weighted by Crippen LogP contribution is -2.48. The third-order valence-corrected chi connectivity index (χ3v) is 3.24. The quantitative estimate of drug-likeness (QED) is 0.673. The number of amides is 1. The molecule has 0 aliphatic heterocycles. The van der Waals surface area contributed by atoms with Crippen LogP contribution in [0.1, 0.15) is 31.1 Å². The number of thiophene rings is 1. The lowest BCUT2D eigenvalue weighted by Gasteiger charge is -2.34. The van der Waals surface area contributed by atoms with Crippen molar-refractivity contribution in [3.8, 4) is 0 Å². The van der Waals surface area contributed by atoms with Crippen LogP contribution in [0.3, 0.4) is 0 Å². The Balaban J connectivity index is 3.05. The molecule has 1 rings (SSSR count). The monoisotopic (exact) mass is 286 g/mol. The summed E-state index contributed by atoms with van der Waals surface area (Å²) >= 11 is 0.839. The highest BCUT2D eigenvalue weighted by Gasteiger charge is 2.30. The lowest BCUT2D eigenvalue weighted by molar-refractivity contribution is -0.380. The molecule has 0 saturated heterocycles. The zero-order valence-electron chi connectivity index (χ0n) is 10.7. The molecule has 0 fully saturated rings. The van der Waals surface area contributed by atoms with E-state index in [0.29, 0.717) is 0 Å². The number of rotatable bonds is 4. The zero-order valence-corrected chi connectivity index (χ0v) is 11.6. The standard InChI is InChI=1S/C11H14N2O5S/c1-11(2,3)12(5-9(14)15)10(16)7-4-8(13(17)18)19-6-7/h4,6H,5H2,1-3H3,(H,14,15).